The Labute approximate surface area is 228 Å². The standard InChI is InChI=1S/C37H50/c1-3-5-7-9-11-31-16-24-35(25-17-31)37-28-20-33(21-29-37)13-12-32-18-26-36(27-19-32)34-22-14-30(15-23-34)10-8-6-4-2/h16-18,20-21,24-25,28-30,34,36H,3-11,14-15,19,22-23,26-27H2,1-2H3. The van der Waals surface area contributed by atoms with Gasteiger partial charge in [0.25, 0.3) is 0 Å². The lowest BCUT2D eigenvalue weighted by atomic mass is 9.70. The summed E-state index contributed by atoms with van der Waals surface area (Å²) in [7, 11) is 0. The number of unbranched alkanes of at least 4 members (excludes halogenated alkanes) is 5. The fourth-order valence-electron chi connectivity index (χ4n) is 6.55. The molecule has 0 spiro atoms. The molecule has 0 N–H and O–H groups in total. The summed E-state index contributed by atoms with van der Waals surface area (Å²) in [6, 6.07) is 18.0. The maximum Gasteiger partial charge on any atom is 0.0249 e. The topological polar surface area (TPSA) is 0 Å². The van der Waals surface area contributed by atoms with Crippen molar-refractivity contribution < 1.29 is 0 Å². The zero-order valence-electron chi connectivity index (χ0n) is 23.7. The number of allylic oxidation sites excluding steroid dienone is 2. The Kier molecular flexibility index (Phi) is 11.4. The molecule has 2 aromatic rings. The predicted octanol–water partition coefficient (Wildman–Crippen LogP) is 10.9. The zero-order chi connectivity index (χ0) is 25.7. The quantitative estimate of drug-likeness (QED) is 0.215. The fourth-order valence-corrected chi connectivity index (χ4v) is 6.55. The second-order valence-corrected chi connectivity index (χ2v) is 11.9. The maximum absolute atomic E-state index is 3.50. The van der Waals surface area contributed by atoms with Gasteiger partial charge in [0.1, 0.15) is 0 Å². The third kappa shape index (κ3) is 8.92. The first-order valence-electron chi connectivity index (χ1n) is 15.7. The minimum absolute atomic E-state index is 0.907. The van der Waals surface area contributed by atoms with Crippen molar-refractivity contribution in [1.29, 1.82) is 0 Å². The van der Waals surface area contributed by atoms with Gasteiger partial charge in [0.2, 0.25) is 0 Å². The van der Waals surface area contributed by atoms with E-state index in [1.807, 2.05) is 0 Å². The molecule has 2 aliphatic carbocycles. The van der Waals surface area contributed by atoms with Crippen LogP contribution >= 0.6 is 0 Å². The monoisotopic (exact) mass is 494 g/mol. The molecule has 1 atom stereocenters. The molecule has 0 heteroatoms. The van der Waals surface area contributed by atoms with Crippen molar-refractivity contribution >= 4 is 0 Å². The molecule has 0 saturated heterocycles. The first-order chi connectivity index (χ1) is 18.2. The average molecular weight is 495 g/mol. The minimum Gasteiger partial charge on any atom is -0.0726 e. The molecule has 0 bridgehead atoms. The molecule has 1 fully saturated rings. The van der Waals surface area contributed by atoms with Crippen LogP contribution in [0, 0.1) is 29.6 Å². The molecule has 0 aliphatic heterocycles. The minimum atomic E-state index is 0.907. The van der Waals surface area contributed by atoms with Crippen molar-refractivity contribution in [3.63, 3.8) is 0 Å². The van der Waals surface area contributed by atoms with Crippen molar-refractivity contribution in [3.8, 4) is 23.0 Å². The Morgan fingerprint density at radius 3 is 1.97 bits per heavy atom. The first-order valence-corrected chi connectivity index (χ1v) is 15.7. The maximum atomic E-state index is 3.50. The van der Waals surface area contributed by atoms with E-state index in [4.69, 9.17) is 0 Å². The van der Waals surface area contributed by atoms with Gasteiger partial charge in [-0.15, -0.1) is 0 Å². The van der Waals surface area contributed by atoms with Crippen LogP contribution in [0.1, 0.15) is 121 Å². The van der Waals surface area contributed by atoms with Crippen molar-refractivity contribution in [2.75, 3.05) is 0 Å². The molecule has 2 aliphatic rings. The molecule has 0 heterocycles. The molecular formula is C37H50. The summed E-state index contributed by atoms with van der Waals surface area (Å²) in [6.07, 6.45) is 24.4. The molecule has 0 radical (unpaired) electrons. The van der Waals surface area contributed by atoms with Gasteiger partial charge in [0, 0.05) is 5.56 Å². The third-order valence-corrected chi connectivity index (χ3v) is 9.08. The van der Waals surface area contributed by atoms with E-state index in [-0.39, 0.29) is 0 Å². The Balaban J connectivity index is 1.23. The van der Waals surface area contributed by atoms with E-state index in [1.54, 1.807) is 0 Å². The van der Waals surface area contributed by atoms with E-state index in [0.717, 1.165) is 23.3 Å². The van der Waals surface area contributed by atoms with Crippen molar-refractivity contribution in [3.05, 3.63) is 71.3 Å². The largest absolute Gasteiger partial charge is 0.0726 e. The van der Waals surface area contributed by atoms with E-state index < -0.39 is 0 Å². The van der Waals surface area contributed by atoms with Crippen LogP contribution in [0.5, 0.6) is 0 Å². The Morgan fingerprint density at radius 1 is 0.649 bits per heavy atom. The van der Waals surface area contributed by atoms with Crippen LogP contribution in [-0.4, -0.2) is 0 Å². The summed E-state index contributed by atoms with van der Waals surface area (Å²) in [6.45, 7) is 4.59. The summed E-state index contributed by atoms with van der Waals surface area (Å²) in [5.74, 6) is 9.84. The van der Waals surface area contributed by atoms with Crippen LogP contribution in [0.4, 0.5) is 0 Å². The molecular weight excluding hydrogens is 444 g/mol. The number of benzene rings is 2. The predicted molar refractivity (Wildman–Crippen MR) is 162 cm³/mol. The zero-order valence-corrected chi connectivity index (χ0v) is 23.7. The van der Waals surface area contributed by atoms with Crippen LogP contribution in [0.25, 0.3) is 11.1 Å². The highest BCUT2D eigenvalue weighted by Crippen LogP contribution is 2.40. The molecule has 37 heavy (non-hydrogen) atoms. The second-order valence-electron chi connectivity index (χ2n) is 11.9. The number of hydrogen-bond acceptors (Lipinski definition) is 0. The van der Waals surface area contributed by atoms with E-state index in [9.17, 15) is 0 Å². The summed E-state index contributed by atoms with van der Waals surface area (Å²) < 4.78 is 0. The summed E-state index contributed by atoms with van der Waals surface area (Å²) in [5.41, 5.74) is 6.53. The van der Waals surface area contributed by atoms with Crippen LogP contribution in [-0.2, 0) is 6.42 Å². The lowest BCUT2D eigenvalue weighted by molar-refractivity contribution is 0.186. The smallest absolute Gasteiger partial charge is 0.0249 e. The van der Waals surface area contributed by atoms with Crippen molar-refractivity contribution in [2.45, 2.75) is 117 Å². The van der Waals surface area contributed by atoms with Gasteiger partial charge < -0.3 is 0 Å². The van der Waals surface area contributed by atoms with Gasteiger partial charge in [-0.3, -0.25) is 0 Å². The van der Waals surface area contributed by atoms with Gasteiger partial charge >= 0.3 is 0 Å². The normalized spacial score (nSPS) is 21.7. The van der Waals surface area contributed by atoms with Crippen molar-refractivity contribution in [1.82, 2.24) is 0 Å². The van der Waals surface area contributed by atoms with Gasteiger partial charge in [0.05, 0.1) is 0 Å². The molecule has 0 nitrogen and oxygen atoms in total. The van der Waals surface area contributed by atoms with Gasteiger partial charge in [-0.25, -0.2) is 0 Å². The number of hydrogen-bond donors (Lipinski definition) is 0. The number of rotatable bonds is 11. The first kappa shape index (κ1) is 27.8. The van der Waals surface area contributed by atoms with Crippen LogP contribution in [0.2, 0.25) is 0 Å². The van der Waals surface area contributed by atoms with Crippen LogP contribution in [0.15, 0.2) is 60.2 Å². The lowest BCUT2D eigenvalue weighted by Crippen LogP contribution is -2.23. The molecule has 0 aromatic heterocycles. The highest BCUT2D eigenvalue weighted by atomic mass is 14.3. The van der Waals surface area contributed by atoms with E-state index in [1.165, 1.54) is 125 Å². The van der Waals surface area contributed by atoms with Crippen LogP contribution in [0.3, 0.4) is 0 Å². The molecule has 2 aromatic carbocycles. The summed E-state index contributed by atoms with van der Waals surface area (Å²) >= 11 is 0. The second kappa shape index (κ2) is 15.2. The Hall–Kier alpha value is -2.26. The van der Waals surface area contributed by atoms with E-state index in [2.05, 4.69) is 80.3 Å². The third-order valence-electron chi connectivity index (χ3n) is 9.08. The lowest BCUT2D eigenvalue weighted by Gasteiger charge is -2.35. The summed E-state index contributed by atoms with van der Waals surface area (Å²) in [5, 5.41) is 0. The van der Waals surface area contributed by atoms with Crippen molar-refractivity contribution in [2.24, 2.45) is 17.8 Å². The fraction of sp³-hybridized carbons (Fsp3) is 0.568. The molecule has 198 valence electrons. The molecule has 0 amide bonds. The molecule has 1 saturated carbocycles. The van der Waals surface area contributed by atoms with Gasteiger partial charge in [-0.2, -0.15) is 0 Å². The average Bonchev–Trinajstić information content (AvgIpc) is 2.96. The Morgan fingerprint density at radius 2 is 1.32 bits per heavy atom. The van der Waals surface area contributed by atoms with Gasteiger partial charge in [-0.05, 0) is 97.1 Å². The number of aryl methyl sites for hydroxylation is 1. The van der Waals surface area contributed by atoms with E-state index >= 15 is 0 Å². The van der Waals surface area contributed by atoms with Crippen LogP contribution < -0.4 is 0 Å². The van der Waals surface area contributed by atoms with Gasteiger partial charge in [-0.1, -0.05) is 126 Å². The molecule has 4 rings (SSSR count). The summed E-state index contributed by atoms with van der Waals surface area (Å²) in [4.78, 5) is 0. The highest BCUT2D eigenvalue weighted by Gasteiger charge is 2.28. The molecule has 1 unspecified atom stereocenters. The van der Waals surface area contributed by atoms with E-state index in [0.29, 0.717) is 0 Å². The SMILES string of the molecule is CCCCCCc1ccc(-c2ccc(C#CC3=CCC(C4CCC(CCCCC)CC4)CC3)cc2)cc1. The highest BCUT2D eigenvalue weighted by molar-refractivity contribution is 5.64. The van der Waals surface area contributed by atoms with Gasteiger partial charge in [0.15, 0.2) is 0 Å². The Bertz CT molecular complexity index is 1000.